The fourth-order valence-corrected chi connectivity index (χ4v) is 5.91. The zero-order valence-electron chi connectivity index (χ0n) is 26.9. The molecule has 6 rings (SSSR count). The van der Waals surface area contributed by atoms with Crippen LogP contribution in [-0.2, 0) is 14.4 Å². The molecular weight excluding hydrogens is 705 g/mol. The molecular formula is C35H30ClF3N8O3S. The van der Waals surface area contributed by atoms with Gasteiger partial charge in [-0.05, 0) is 43.7 Å². The molecule has 11 nitrogen and oxygen atoms in total. The second-order valence-corrected chi connectivity index (χ2v) is 12.0. The molecule has 1 aromatic carbocycles. The van der Waals surface area contributed by atoms with Gasteiger partial charge < -0.3 is 5.32 Å². The summed E-state index contributed by atoms with van der Waals surface area (Å²) < 4.78 is 41.6. The van der Waals surface area contributed by atoms with Crippen molar-refractivity contribution in [1.82, 2.24) is 20.3 Å². The summed E-state index contributed by atoms with van der Waals surface area (Å²) in [5.41, 5.74) is 1.79. The van der Waals surface area contributed by atoms with E-state index in [0.717, 1.165) is 27.8 Å². The number of hydrogen-bond acceptors (Lipinski definition) is 8. The fourth-order valence-electron chi connectivity index (χ4n) is 5.67. The van der Waals surface area contributed by atoms with Crippen molar-refractivity contribution < 1.29 is 27.6 Å². The highest BCUT2D eigenvalue weighted by molar-refractivity contribution is 7.59. The molecule has 2 atom stereocenters. The Morgan fingerprint density at radius 2 is 1.71 bits per heavy atom. The molecule has 4 heterocycles. The lowest BCUT2D eigenvalue weighted by atomic mass is 9.87. The lowest BCUT2D eigenvalue weighted by Crippen LogP contribution is -2.56. The van der Waals surface area contributed by atoms with Gasteiger partial charge in [-0.25, -0.2) is 18.2 Å². The first-order chi connectivity index (χ1) is 23.9. The number of aryl methyl sites for hydroxylation is 1. The number of amides is 3. The Kier molecular flexibility index (Phi) is 12.4. The maximum atomic E-state index is 14.4. The van der Waals surface area contributed by atoms with Crippen LogP contribution in [0.4, 0.5) is 24.7 Å². The van der Waals surface area contributed by atoms with E-state index in [1.54, 1.807) is 30.5 Å². The van der Waals surface area contributed by atoms with E-state index in [-0.39, 0.29) is 54.0 Å². The minimum atomic E-state index is -2.92. The van der Waals surface area contributed by atoms with E-state index in [4.69, 9.17) is 16.9 Å². The molecule has 0 spiro atoms. The van der Waals surface area contributed by atoms with Gasteiger partial charge in [0.05, 0.1) is 41.3 Å². The Balaban J connectivity index is 0.000000509. The number of hydrogen-bond donors (Lipinski definition) is 1. The average Bonchev–Trinajstić information content (AvgIpc) is 3.48. The molecule has 262 valence electrons. The number of anilines is 2. The van der Waals surface area contributed by atoms with Crippen molar-refractivity contribution >= 4 is 54.3 Å². The molecule has 2 fully saturated rings. The van der Waals surface area contributed by atoms with Crippen molar-refractivity contribution in [2.24, 2.45) is 0 Å². The first-order valence-electron chi connectivity index (χ1n) is 15.3. The number of nitriles is 2. The van der Waals surface area contributed by atoms with Crippen molar-refractivity contribution in [1.29, 1.82) is 10.5 Å². The van der Waals surface area contributed by atoms with Crippen molar-refractivity contribution in [3.63, 3.8) is 0 Å². The van der Waals surface area contributed by atoms with Gasteiger partial charge in [0.15, 0.2) is 0 Å². The van der Waals surface area contributed by atoms with E-state index >= 15 is 0 Å². The Hall–Kier alpha value is -5.51. The highest BCUT2D eigenvalue weighted by Gasteiger charge is 2.48. The number of carbonyl (C=O) groups is 3. The number of nitrogens with zero attached hydrogens (tertiary/aromatic N) is 7. The standard InChI is InChI=1S/C28H22ClF3N6O3.C7H6N2.H2S/c29-21-4-2-1-3-20(21)25(26(40)36-18-11-28(31,32)12-18)37(19-10-17(30)14-34-15-19)27(41)22-5-6-24(39)38(22)23-9-16(13-33)7-8-35-23;1-6-4-7(5-8)2-3-9-6;/h1-4,7-10,14-15,18,22,25H,5-6,11-12H2,(H,36,40);2-4H,1H3;1H2/t22-,25?;;/m0../s1. The molecule has 1 saturated carbocycles. The smallest absolute Gasteiger partial charge is 0.252 e. The second kappa shape index (κ2) is 16.5. The fraction of sp³-hybridized carbons (Fsp3) is 0.257. The summed E-state index contributed by atoms with van der Waals surface area (Å²) in [5, 5.41) is 20.4. The van der Waals surface area contributed by atoms with Crippen LogP contribution in [-0.4, -0.2) is 50.7 Å². The van der Waals surface area contributed by atoms with Crippen LogP contribution in [0.3, 0.4) is 0 Å². The van der Waals surface area contributed by atoms with Gasteiger partial charge in [0, 0.05) is 60.0 Å². The van der Waals surface area contributed by atoms with E-state index in [2.05, 4.69) is 20.3 Å². The molecule has 1 saturated heterocycles. The Bertz CT molecular complexity index is 2020. The Morgan fingerprint density at radius 3 is 2.31 bits per heavy atom. The first kappa shape index (κ1) is 38.3. The number of carbonyl (C=O) groups excluding carboxylic acids is 3. The maximum absolute atomic E-state index is 14.4. The highest BCUT2D eigenvalue weighted by Crippen LogP contribution is 2.39. The minimum Gasteiger partial charge on any atom is -0.351 e. The Morgan fingerprint density at radius 1 is 1.04 bits per heavy atom. The predicted molar refractivity (Wildman–Crippen MR) is 186 cm³/mol. The van der Waals surface area contributed by atoms with Crippen LogP contribution in [0.2, 0.25) is 5.02 Å². The van der Waals surface area contributed by atoms with E-state index in [9.17, 15) is 32.8 Å². The highest BCUT2D eigenvalue weighted by atomic mass is 35.5. The number of rotatable bonds is 7. The van der Waals surface area contributed by atoms with Crippen molar-refractivity contribution in [3.05, 3.63) is 113 Å². The summed E-state index contributed by atoms with van der Waals surface area (Å²) in [6.07, 6.45) is 3.88. The van der Waals surface area contributed by atoms with Gasteiger partial charge in [-0.15, -0.1) is 0 Å². The summed E-state index contributed by atoms with van der Waals surface area (Å²) in [7, 11) is 0. The van der Waals surface area contributed by atoms with Gasteiger partial charge in [0.2, 0.25) is 11.8 Å². The monoisotopic (exact) mass is 734 g/mol. The van der Waals surface area contributed by atoms with Gasteiger partial charge in [-0.2, -0.15) is 24.0 Å². The van der Waals surface area contributed by atoms with Crippen molar-refractivity contribution in [2.45, 2.75) is 56.7 Å². The Labute approximate surface area is 303 Å². The molecule has 1 unspecified atom stereocenters. The third-order valence-corrected chi connectivity index (χ3v) is 8.34. The van der Waals surface area contributed by atoms with E-state index in [1.165, 1.54) is 36.7 Å². The molecule has 4 aromatic rings. The SMILES string of the molecule is Cc1cc(C#N)ccn1.N#Cc1ccnc(N2C(=O)CC[C@H]2C(=O)N(c2cncc(F)c2)C(C(=O)NC2CC(F)(F)C2)c2ccccc2Cl)c1.S. The molecule has 51 heavy (non-hydrogen) atoms. The normalized spacial score (nSPS) is 16.6. The van der Waals surface area contributed by atoms with Gasteiger partial charge in [0.1, 0.15) is 23.7 Å². The van der Waals surface area contributed by atoms with Gasteiger partial charge in [-0.1, -0.05) is 29.8 Å². The molecule has 1 N–H and O–H groups in total. The number of benzene rings is 1. The van der Waals surface area contributed by atoms with Crippen LogP contribution >= 0.6 is 25.1 Å². The summed E-state index contributed by atoms with van der Waals surface area (Å²) in [5.74, 6) is -5.73. The summed E-state index contributed by atoms with van der Waals surface area (Å²) in [6, 6.07) is 13.8. The van der Waals surface area contributed by atoms with E-state index in [0.29, 0.717) is 5.56 Å². The van der Waals surface area contributed by atoms with Gasteiger partial charge >= 0.3 is 0 Å². The zero-order chi connectivity index (χ0) is 36.0. The molecule has 3 amide bonds. The minimum absolute atomic E-state index is 0. The van der Waals surface area contributed by atoms with Crippen LogP contribution in [0.15, 0.2) is 79.4 Å². The summed E-state index contributed by atoms with van der Waals surface area (Å²) >= 11 is 6.47. The van der Waals surface area contributed by atoms with Crippen molar-refractivity contribution in [2.75, 3.05) is 9.80 Å². The van der Waals surface area contributed by atoms with Crippen LogP contribution in [0.1, 0.15) is 54.1 Å². The van der Waals surface area contributed by atoms with E-state index < -0.39 is 60.4 Å². The first-order valence-corrected chi connectivity index (χ1v) is 15.7. The number of alkyl halides is 2. The zero-order valence-corrected chi connectivity index (χ0v) is 28.7. The number of halogens is 4. The predicted octanol–water partition coefficient (Wildman–Crippen LogP) is 5.70. The van der Waals surface area contributed by atoms with Crippen LogP contribution in [0.25, 0.3) is 0 Å². The molecule has 2 aliphatic rings. The molecule has 0 radical (unpaired) electrons. The molecule has 0 bridgehead atoms. The van der Waals surface area contributed by atoms with Crippen molar-refractivity contribution in [3.8, 4) is 12.1 Å². The second-order valence-electron chi connectivity index (χ2n) is 11.6. The summed E-state index contributed by atoms with van der Waals surface area (Å²) in [6.45, 7) is 1.86. The van der Waals surface area contributed by atoms with E-state index in [1.807, 2.05) is 19.1 Å². The molecule has 3 aromatic heterocycles. The summed E-state index contributed by atoms with van der Waals surface area (Å²) in [4.78, 5) is 55.2. The van der Waals surface area contributed by atoms with Crippen LogP contribution < -0.4 is 15.1 Å². The van der Waals surface area contributed by atoms with Gasteiger partial charge in [0.25, 0.3) is 11.8 Å². The quantitative estimate of drug-likeness (QED) is 0.254. The molecule has 1 aliphatic heterocycles. The average molecular weight is 735 g/mol. The number of nitrogens with one attached hydrogen (secondary N) is 1. The maximum Gasteiger partial charge on any atom is 0.252 e. The molecule has 16 heteroatoms. The molecule has 1 aliphatic carbocycles. The lowest BCUT2D eigenvalue weighted by molar-refractivity contribution is -0.133. The lowest BCUT2D eigenvalue weighted by Gasteiger charge is -2.39. The number of aromatic nitrogens is 3. The van der Waals surface area contributed by atoms with Crippen LogP contribution in [0.5, 0.6) is 0 Å². The largest absolute Gasteiger partial charge is 0.351 e. The number of pyridine rings is 3. The van der Waals surface area contributed by atoms with Crippen LogP contribution in [0, 0.1) is 35.4 Å². The van der Waals surface area contributed by atoms with Gasteiger partial charge in [-0.3, -0.25) is 34.2 Å². The third-order valence-electron chi connectivity index (χ3n) is 7.99. The third kappa shape index (κ3) is 9.00. The topological polar surface area (TPSA) is 156 Å².